The van der Waals surface area contributed by atoms with Gasteiger partial charge in [0.15, 0.2) is 4.80 Å². The molecule has 1 aromatic heterocycles. The van der Waals surface area contributed by atoms with E-state index < -0.39 is 0 Å². The van der Waals surface area contributed by atoms with Gasteiger partial charge >= 0.3 is 0 Å². The number of aryl methyl sites for hydroxylation is 1. The Morgan fingerprint density at radius 1 is 1.24 bits per heavy atom. The molecule has 3 nitrogen and oxygen atoms in total. The molecule has 0 fully saturated rings. The van der Waals surface area contributed by atoms with Gasteiger partial charge in [0.25, 0.3) is 5.91 Å². The molecule has 2 aromatic carbocycles. The highest BCUT2D eigenvalue weighted by Gasteiger charge is 2.12. The van der Waals surface area contributed by atoms with Gasteiger partial charge in [-0.1, -0.05) is 50.3 Å². The Balaban J connectivity index is 2.15. The van der Waals surface area contributed by atoms with Crippen LogP contribution in [0.1, 0.15) is 49.0 Å². The van der Waals surface area contributed by atoms with Gasteiger partial charge in [-0.15, -0.1) is 0 Å². The van der Waals surface area contributed by atoms with E-state index in [4.69, 9.17) is 0 Å². The number of nitrogens with zero attached hydrogens (tertiary/aromatic N) is 2. The van der Waals surface area contributed by atoms with Gasteiger partial charge in [-0.25, -0.2) is 0 Å². The molecular formula is C20H21IN2OS. The number of carbonyl (C=O) groups is 1. The molecular weight excluding hydrogens is 443 g/mol. The van der Waals surface area contributed by atoms with E-state index >= 15 is 0 Å². The zero-order valence-electron chi connectivity index (χ0n) is 14.6. The first-order valence-corrected chi connectivity index (χ1v) is 10.4. The minimum absolute atomic E-state index is 0.175. The summed E-state index contributed by atoms with van der Waals surface area (Å²) in [7, 11) is 0. The van der Waals surface area contributed by atoms with Crippen molar-refractivity contribution in [2.24, 2.45) is 4.99 Å². The predicted molar refractivity (Wildman–Crippen MR) is 113 cm³/mol. The van der Waals surface area contributed by atoms with Crippen LogP contribution < -0.4 is 4.80 Å². The maximum Gasteiger partial charge on any atom is 0.280 e. The summed E-state index contributed by atoms with van der Waals surface area (Å²) in [6.07, 6.45) is 1.00. The minimum atomic E-state index is -0.175. The van der Waals surface area contributed by atoms with E-state index in [9.17, 15) is 4.79 Å². The molecule has 0 aliphatic carbocycles. The normalized spacial score (nSPS) is 12.3. The number of benzene rings is 2. The van der Waals surface area contributed by atoms with Crippen molar-refractivity contribution in [1.29, 1.82) is 0 Å². The Morgan fingerprint density at radius 2 is 2.00 bits per heavy atom. The molecule has 0 aliphatic rings. The number of hydrogen-bond donors (Lipinski definition) is 0. The fraction of sp³-hybridized carbons (Fsp3) is 0.300. The average molecular weight is 464 g/mol. The van der Waals surface area contributed by atoms with Crippen LogP contribution in [0.2, 0.25) is 0 Å². The number of fused-ring (bicyclic) bond motifs is 1. The van der Waals surface area contributed by atoms with Crippen molar-refractivity contribution in [3.8, 4) is 0 Å². The standard InChI is InChI=1S/C20H21IN2OS/c1-4-11-23-17-10-9-14(13(2)3)12-18(17)25-20(23)22-19(24)15-7-5-6-8-16(15)21/h5-10,12-13H,4,11H2,1-3H3. The van der Waals surface area contributed by atoms with Crippen molar-refractivity contribution in [1.82, 2.24) is 4.57 Å². The minimum Gasteiger partial charge on any atom is -0.316 e. The second kappa shape index (κ2) is 7.83. The largest absolute Gasteiger partial charge is 0.316 e. The number of aromatic nitrogens is 1. The van der Waals surface area contributed by atoms with Crippen LogP contribution in [0.4, 0.5) is 0 Å². The first kappa shape index (κ1) is 18.3. The van der Waals surface area contributed by atoms with E-state index in [1.165, 1.54) is 10.3 Å². The van der Waals surface area contributed by atoms with E-state index in [2.05, 4.69) is 71.1 Å². The Bertz CT molecular complexity index is 985. The van der Waals surface area contributed by atoms with E-state index in [1.54, 1.807) is 11.3 Å². The van der Waals surface area contributed by atoms with Crippen LogP contribution in [0.3, 0.4) is 0 Å². The van der Waals surface area contributed by atoms with E-state index in [0.717, 1.165) is 26.9 Å². The quantitative estimate of drug-likeness (QED) is 0.464. The zero-order chi connectivity index (χ0) is 18.0. The predicted octanol–water partition coefficient (Wildman–Crippen LogP) is 5.58. The summed E-state index contributed by atoms with van der Waals surface area (Å²) in [6, 6.07) is 14.1. The molecule has 0 spiro atoms. The van der Waals surface area contributed by atoms with Gasteiger partial charge in [-0.2, -0.15) is 4.99 Å². The van der Waals surface area contributed by atoms with Gasteiger partial charge in [-0.05, 0) is 64.8 Å². The molecule has 3 rings (SSSR count). The molecule has 0 radical (unpaired) electrons. The molecule has 0 saturated carbocycles. The first-order valence-electron chi connectivity index (χ1n) is 8.48. The lowest BCUT2D eigenvalue weighted by Gasteiger charge is -2.06. The van der Waals surface area contributed by atoms with Gasteiger partial charge in [-0.3, -0.25) is 4.79 Å². The number of carbonyl (C=O) groups excluding carboxylic acids is 1. The van der Waals surface area contributed by atoms with E-state index in [-0.39, 0.29) is 5.91 Å². The van der Waals surface area contributed by atoms with Crippen molar-refractivity contribution in [3.05, 3.63) is 62.0 Å². The molecule has 5 heteroatoms. The van der Waals surface area contributed by atoms with Gasteiger partial charge in [0.1, 0.15) is 0 Å². The zero-order valence-corrected chi connectivity index (χ0v) is 17.6. The van der Waals surface area contributed by atoms with Gasteiger partial charge in [0.2, 0.25) is 0 Å². The number of thiazole rings is 1. The van der Waals surface area contributed by atoms with Crippen LogP contribution in [-0.4, -0.2) is 10.5 Å². The Labute approximate surface area is 165 Å². The summed E-state index contributed by atoms with van der Waals surface area (Å²) in [5, 5.41) is 0. The highest BCUT2D eigenvalue weighted by Crippen LogP contribution is 2.24. The summed E-state index contributed by atoms with van der Waals surface area (Å²) < 4.78 is 4.28. The molecule has 1 amide bonds. The Morgan fingerprint density at radius 3 is 2.68 bits per heavy atom. The summed E-state index contributed by atoms with van der Waals surface area (Å²) in [6.45, 7) is 7.39. The first-order chi connectivity index (χ1) is 12.0. The molecule has 3 aromatic rings. The highest BCUT2D eigenvalue weighted by molar-refractivity contribution is 14.1. The van der Waals surface area contributed by atoms with Crippen molar-refractivity contribution < 1.29 is 4.79 Å². The van der Waals surface area contributed by atoms with Crippen LogP contribution in [0.5, 0.6) is 0 Å². The van der Waals surface area contributed by atoms with Crippen molar-refractivity contribution in [2.45, 2.75) is 39.7 Å². The maximum atomic E-state index is 12.7. The van der Waals surface area contributed by atoms with Gasteiger partial charge in [0.05, 0.1) is 15.8 Å². The number of rotatable bonds is 4. The maximum absolute atomic E-state index is 12.7. The number of amides is 1. The third-order valence-corrected chi connectivity index (χ3v) is 6.10. The van der Waals surface area contributed by atoms with Crippen molar-refractivity contribution >= 4 is 50.1 Å². The van der Waals surface area contributed by atoms with E-state index in [0.29, 0.717) is 11.5 Å². The molecule has 0 saturated heterocycles. The molecule has 0 aliphatic heterocycles. The molecule has 0 unspecified atom stereocenters. The average Bonchev–Trinajstić information content (AvgIpc) is 2.92. The van der Waals surface area contributed by atoms with Crippen LogP contribution in [0.15, 0.2) is 47.5 Å². The smallest absolute Gasteiger partial charge is 0.280 e. The number of hydrogen-bond acceptors (Lipinski definition) is 2. The monoisotopic (exact) mass is 464 g/mol. The van der Waals surface area contributed by atoms with Crippen molar-refractivity contribution in [2.75, 3.05) is 0 Å². The van der Waals surface area contributed by atoms with E-state index in [1.807, 2.05) is 24.3 Å². The molecule has 1 heterocycles. The second-order valence-corrected chi connectivity index (χ2v) is 8.49. The molecule has 0 bridgehead atoms. The summed E-state index contributed by atoms with van der Waals surface area (Å²) in [5.74, 6) is 0.310. The van der Waals surface area contributed by atoms with Crippen LogP contribution in [-0.2, 0) is 6.54 Å². The summed E-state index contributed by atoms with van der Waals surface area (Å²) in [4.78, 5) is 17.9. The number of halogens is 1. The van der Waals surface area contributed by atoms with Crippen LogP contribution >= 0.6 is 33.9 Å². The third kappa shape index (κ3) is 3.87. The topological polar surface area (TPSA) is 34.4 Å². The summed E-state index contributed by atoms with van der Waals surface area (Å²) >= 11 is 3.78. The highest BCUT2D eigenvalue weighted by atomic mass is 127. The lowest BCUT2D eigenvalue weighted by Crippen LogP contribution is -2.17. The fourth-order valence-corrected chi connectivity index (χ4v) is 4.48. The van der Waals surface area contributed by atoms with Crippen LogP contribution in [0.25, 0.3) is 10.2 Å². The molecule has 130 valence electrons. The molecule has 0 atom stereocenters. The van der Waals surface area contributed by atoms with Gasteiger partial charge in [0, 0.05) is 10.1 Å². The lowest BCUT2D eigenvalue weighted by molar-refractivity contribution is 0.0997. The fourth-order valence-electron chi connectivity index (χ4n) is 2.76. The van der Waals surface area contributed by atoms with Crippen molar-refractivity contribution in [3.63, 3.8) is 0 Å². The summed E-state index contributed by atoms with van der Waals surface area (Å²) in [5.41, 5.74) is 3.13. The molecule has 25 heavy (non-hydrogen) atoms. The Hall–Kier alpha value is -1.47. The SMILES string of the molecule is CCCn1c(=NC(=O)c2ccccc2I)sc2cc(C(C)C)ccc21. The Kier molecular flexibility index (Phi) is 5.74. The second-order valence-electron chi connectivity index (χ2n) is 6.31. The van der Waals surface area contributed by atoms with Crippen LogP contribution in [0, 0.1) is 3.57 Å². The van der Waals surface area contributed by atoms with Gasteiger partial charge < -0.3 is 4.57 Å². The third-order valence-electron chi connectivity index (χ3n) is 4.12. The lowest BCUT2D eigenvalue weighted by atomic mass is 10.0. The molecule has 0 N–H and O–H groups in total.